The van der Waals surface area contributed by atoms with Crippen molar-refractivity contribution in [2.75, 3.05) is 11.9 Å². The fraction of sp³-hybridized carbons (Fsp3) is 0.207. The fourth-order valence-electron chi connectivity index (χ4n) is 4.81. The highest BCUT2D eigenvalue weighted by Crippen LogP contribution is 2.24. The second-order valence-electron chi connectivity index (χ2n) is 9.34. The van der Waals surface area contributed by atoms with Gasteiger partial charge in [0.15, 0.2) is 0 Å². The van der Waals surface area contributed by atoms with Crippen molar-refractivity contribution in [3.63, 3.8) is 0 Å². The fourth-order valence-corrected chi connectivity index (χ4v) is 4.81. The highest BCUT2D eigenvalue weighted by Gasteiger charge is 2.11. The number of H-pyrrole nitrogens is 1. The molecule has 0 fully saturated rings. The van der Waals surface area contributed by atoms with Crippen molar-refractivity contribution in [2.24, 2.45) is 0 Å². The lowest BCUT2D eigenvalue weighted by Crippen LogP contribution is -2.23. The van der Waals surface area contributed by atoms with Crippen LogP contribution < -0.4 is 16.2 Å². The third-order valence-electron chi connectivity index (χ3n) is 6.77. The van der Waals surface area contributed by atoms with Gasteiger partial charge in [-0.05, 0) is 52.9 Å². The van der Waals surface area contributed by atoms with Gasteiger partial charge in [-0.15, -0.1) is 0 Å². The van der Waals surface area contributed by atoms with Crippen LogP contribution in [-0.2, 0) is 32.5 Å². The molecule has 4 heterocycles. The van der Waals surface area contributed by atoms with E-state index in [2.05, 4.69) is 69.4 Å². The van der Waals surface area contributed by atoms with Crippen molar-refractivity contribution in [2.45, 2.75) is 32.5 Å². The molecule has 36 heavy (non-hydrogen) atoms. The van der Waals surface area contributed by atoms with Crippen LogP contribution in [0, 0.1) is 0 Å². The van der Waals surface area contributed by atoms with E-state index in [4.69, 9.17) is 4.98 Å². The quantitative estimate of drug-likeness (QED) is 0.330. The molecule has 1 aliphatic heterocycles. The zero-order valence-electron chi connectivity index (χ0n) is 20.0. The SMILES string of the molecule is O=c1ccccn1Cc1ccc(Cc2cc3[nH]ncc3c(NCc3ccc4c(c3)CCNC4)n2)cc1. The van der Waals surface area contributed by atoms with Gasteiger partial charge in [-0.25, -0.2) is 4.98 Å². The molecule has 0 saturated carbocycles. The summed E-state index contributed by atoms with van der Waals surface area (Å²) in [6, 6.07) is 22.4. The summed E-state index contributed by atoms with van der Waals surface area (Å²) in [5.41, 5.74) is 8.29. The van der Waals surface area contributed by atoms with Gasteiger partial charge in [-0.3, -0.25) is 9.89 Å². The van der Waals surface area contributed by atoms with E-state index in [1.54, 1.807) is 16.7 Å². The van der Waals surface area contributed by atoms with Gasteiger partial charge >= 0.3 is 0 Å². The number of aromatic amines is 1. The first kappa shape index (κ1) is 22.2. The molecule has 2 aromatic carbocycles. The maximum absolute atomic E-state index is 12.0. The van der Waals surface area contributed by atoms with E-state index in [-0.39, 0.29) is 5.56 Å². The second kappa shape index (κ2) is 9.79. The average Bonchev–Trinajstić information content (AvgIpc) is 3.38. The lowest BCUT2D eigenvalue weighted by Gasteiger charge is -2.18. The number of nitrogens with zero attached hydrogens (tertiary/aromatic N) is 3. The molecule has 6 rings (SSSR count). The molecule has 3 aromatic heterocycles. The molecule has 0 spiro atoms. The van der Waals surface area contributed by atoms with Gasteiger partial charge in [0.2, 0.25) is 0 Å². The molecule has 0 radical (unpaired) electrons. The standard InChI is InChI=1S/C29H28N6O/c36-28-3-1-2-12-35(28)19-21-6-4-20(5-7-21)14-25-15-27-26(18-32-34-27)29(33-25)31-16-22-8-9-24-17-30-11-10-23(24)13-22/h1-9,12-13,15,18,30H,10-11,14,16-17,19H2,(H,31,33)(H,32,34). The Hall–Kier alpha value is -4.23. The normalized spacial score (nSPS) is 13.0. The number of hydrogen-bond acceptors (Lipinski definition) is 5. The molecular formula is C29H28N6O. The number of anilines is 1. The summed E-state index contributed by atoms with van der Waals surface area (Å²) < 4.78 is 1.71. The molecule has 180 valence electrons. The summed E-state index contributed by atoms with van der Waals surface area (Å²) in [5, 5.41) is 15.3. The average molecular weight is 477 g/mol. The first-order valence-corrected chi connectivity index (χ1v) is 12.3. The molecule has 0 bridgehead atoms. The molecule has 3 N–H and O–H groups in total. The lowest BCUT2D eigenvalue weighted by molar-refractivity contribution is 0.643. The van der Waals surface area contributed by atoms with Crippen molar-refractivity contribution in [3.05, 3.63) is 123 Å². The number of aromatic nitrogens is 4. The zero-order valence-corrected chi connectivity index (χ0v) is 20.0. The number of fused-ring (bicyclic) bond motifs is 2. The number of pyridine rings is 2. The number of hydrogen-bond donors (Lipinski definition) is 3. The summed E-state index contributed by atoms with van der Waals surface area (Å²) in [5.74, 6) is 0.843. The Bertz CT molecular complexity index is 1570. The van der Waals surface area contributed by atoms with Crippen LogP contribution in [-0.4, -0.2) is 26.3 Å². The maximum Gasteiger partial charge on any atom is 0.250 e. The second-order valence-corrected chi connectivity index (χ2v) is 9.34. The first-order valence-electron chi connectivity index (χ1n) is 12.3. The molecule has 0 unspecified atom stereocenters. The van der Waals surface area contributed by atoms with Gasteiger partial charge in [0.25, 0.3) is 5.56 Å². The minimum Gasteiger partial charge on any atom is -0.365 e. The van der Waals surface area contributed by atoms with Crippen LogP contribution in [0.5, 0.6) is 0 Å². The van der Waals surface area contributed by atoms with Gasteiger partial charge in [-0.1, -0.05) is 48.5 Å². The van der Waals surface area contributed by atoms with Gasteiger partial charge in [0.1, 0.15) is 5.82 Å². The molecule has 0 aliphatic carbocycles. The molecule has 1 aliphatic rings. The van der Waals surface area contributed by atoms with Crippen molar-refractivity contribution < 1.29 is 0 Å². The Labute approximate surface area is 209 Å². The van der Waals surface area contributed by atoms with E-state index < -0.39 is 0 Å². The van der Waals surface area contributed by atoms with Crippen LogP contribution >= 0.6 is 0 Å². The van der Waals surface area contributed by atoms with Crippen LogP contribution in [0.15, 0.2) is 83.9 Å². The van der Waals surface area contributed by atoms with Gasteiger partial charge in [0, 0.05) is 37.5 Å². The maximum atomic E-state index is 12.0. The Morgan fingerprint density at radius 2 is 1.81 bits per heavy atom. The summed E-state index contributed by atoms with van der Waals surface area (Å²) in [6.07, 6.45) is 5.42. The number of benzene rings is 2. The largest absolute Gasteiger partial charge is 0.365 e. The molecule has 0 atom stereocenters. The third kappa shape index (κ3) is 4.78. The third-order valence-corrected chi connectivity index (χ3v) is 6.77. The minimum absolute atomic E-state index is 0.00561. The number of nitrogens with one attached hydrogen (secondary N) is 3. The van der Waals surface area contributed by atoms with Crippen LogP contribution in [0.1, 0.15) is 33.5 Å². The summed E-state index contributed by atoms with van der Waals surface area (Å²) >= 11 is 0. The highest BCUT2D eigenvalue weighted by molar-refractivity contribution is 5.89. The first-order chi connectivity index (χ1) is 17.7. The van der Waals surface area contributed by atoms with Crippen LogP contribution in [0.3, 0.4) is 0 Å². The van der Waals surface area contributed by atoms with Crippen molar-refractivity contribution >= 4 is 16.7 Å². The molecule has 0 amide bonds. The van der Waals surface area contributed by atoms with Crippen molar-refractivity contribution in [3.8, 4) is 0 Å². The Kier molecular flexibility index (Phi) is 6.05. The lowest BCUT2D eigenvalue weighted by atomic mass is 9.98. The van der Waals surface area contributed by atoms with Gasteiger partial charge < -0.3 is 15.2 Å². The Balaban J connectivity index is 1.18. The van der Waals surface area contributed by atoms with E-state index in [0.29, 0.717) is 19.5 Å². The van der Waals surface area contributed by atoms with E-state index >= 15 is 0 Å². The predicted octanol–water partition coefficient (Wildman–Crippen LogP) is 4.02. The molecule has 0 saturated heterocycles. The molecule has 7 heteroatoms. The predicted molar refractivity (Wildman–Crippen MR) is 142 cm³/mol. The van der Waals surface area contributed by atoms with Crippen molar-refractivity contribution in [1.29, 1.82) is 0 Å². The Morgan fingerprint density at radius 1 is 0.944 bits per heavy atom. The van der Waals surface area contributed by atoms with Crippen LogP contribution in [0.4, 0.5) is 5.82 Å². The monoisotopic (exact) mass is 476 g/mol. The van der Waals surface area contributed by atoms with E-state index in [9.17, 15) is 4.79 Å². The smallest absolute Gasteiger partial charge is 0.250 e. The minimum atomic E-state index is 0.00561. The molecular weight excluding hydrogens is 448 g/mol. The number of rotatable bonds is 7. The van der Waals surface area contributed by atoms with Crippen LogP contribution in [0.2, 0.25) is 0 Å². The summed E-state index contributed by atoms with van der Waals surface area (Å²) in [7, 11) is 0. The van der Waals surface area contributed by atoms with Crippen molar-refractivity contribution in [1.82, 2.24) is 25.1 Å². The van der Waals surface area contributed by atoms with Gasteiger partial charge in [-0.2, -0.15) is 5.10 Å². The topological polar surface area (TPSA) is 87.6 Å². The molecule has 7 nitrogen and oxygen atoms in total. The summed E-state index contributed by atoms with van der Waals surface area (Å²) in [6.45, 7) is 3.26. The molecule has 5 aromatic rings. The van der Waals surface area contributed by atoms with E-state index in [1.165, 1.54) is 22.3 Å². The van der Waals surface area contributed by atoms with E-state index in [0.717, 1.165) is 47.5 Å². The van der Waals surface area contributed by atoms with Crippen LogP contribution in [0.25, 0.3) is 10.9 Å². The van der Waals surface area contributed by atoms with E-state index in [1.807, 2.05) is 18.5 Å². The highest BCUT2D eigenvalue weighted by atomic mass is 16.1. The summed E-state index contributed by atoms with van der Waals surface area (Å²) in [4.78, 5) is 16.9. The Morgan fingerprint density at radius 3 is 2.69 bits per heavy atom. The zero-order chi connectivity index (χ0) is 24.3. The van der Waals surface area contributed by atoms with Gasteiger partial charge in [0.05, 0.1) is 23.6 Å².